The Morgan fingerprint density at radius 3 is 2.10 bits per heavy atom. The predicted molar refractivity (Wildman–Crippen MR) is 86.4 cm³/mol. The summed E-state index contributed by atoms with van der Waals surface area (Å²) in [4.78, 5) is 14.1. The third-order valence-electron chi connectivity index (χ3n) is 3.20. The minimum Gasteiger partial charge on any atom is -0.374 e. The molecule has 112 valence electrons. The minimum atomic E-state index is -0.239. The zero-order chi connectivity index (χ0) is 15.1. The predicted octanol–water partition coefficient (Wildman–Crippen LogP) is 2.86. The van der Waals surface area contributed by atoms with Crippen LogP contribution in [0.5, 0.6) is 0 Å². The van der Waals surface area contributed by atoms with Gasteiger partial charge >= 0.3 is 0 Å². The molecule has 0 saturated carbocycles. The summed E-state index contributed by atoms with van der Waals surface area (Å²) in [6, 6.07) is 8.14. The molecular weight excluding hydrogens is 250 g/mol. The first kappa shape index (κ1) is 16.3. The molecule has 0 radical (unpaired) electrons. The summed E-state index contributed by atoms with van der Waals surface area (Å²) in [6.07, 6.45) is 0. The van der Waals surface area contributed by atoms with E-state index in [1.807, 2.05) is 32.9 Å². The number of anilines is 2. The second-order valence-corrected chi connectivity index (χ2v) is 5.25. The van der Waals surface area contributed by atoms with Gasteiger partial charge < -0.3 is 15.5 Å². The Balaban J connectivity index is 2.63. The van der Waals surface area contributed by atoms with Crippen LogP contribution in [0.3, 0.4) is 0 Å². The number of rotatable bonds is 7. The van der Waals surface area contributed by atoms with Gasteiger partial charge in [0.25, 0.3) is 0 Å². The Labute approximate surface area is 122 Å². The van der Waals surface area contributed by atoms with Gasteiger partial charge in [0.15, 0.2) is 0 Å². The van der Waals surface area contributed by atoms with Crippen molar-refractivity contribution in [3.05, 3.63) is 24.3 Å². The first-order chi connectivity index (χ1) is 9.47. The summed E-state index contributed by atoms with van der Waals surface area (Å²) in [5.41, 5.74) is 2.17. The number of nitrogens with zero attached hydrogens (tertiary/aromatic N) is 1. The van der Waals surface area contributed by atoms with Gasteiger partial charge in [0, 0.05) is 30.5 Å². The zero-order valence-electron chi connectivity index (χ0n) is 13.2. The molecule has 0 heterocycles. The Hall–Kier alpha value is -1.71. The van der Waals surface area contributed by atoms with E-state index in [2.05, 4.69) is 41.5 Å². The van der Waals surface area contributed by atoms with Crippen LogP contribution in [0.15, 0.2) is 24.3 Å². The maximum atomic E-state index is 11.8. The Morgan fingerprint density at radius 1 is 1.10 bits per heavy atom. The van der Waals surface area contributed by atoms with Gasteiger partial charge in [-0.3, -0.25) is 4.79 Å². The largest absolute Gasteiger partial charge is 0.374 e. The van der Waals surface area contributed by atoms with Crippen LogP contribution in [-0.4, -0.2) is 31.1 Å². The average Bonchev–Trinajstić information content (AvgIpc) is 2.41. The second kappa shape index (κ2) is 7.78. The van der Waals surface area contributed by atoms with Crippen molar-refractivity contribution in [2.45, 2.75) is 46.7 Å². The molecule has 0 bridgehead atoms. The summed E-state index contributed by atoms with van der Waals surface area (Å²) < 4.78 is 0. The molecular formula is C16H27N3O. The lowest BCUT2D eigenvalue weighted by molar-refractivity contribution is -0.122. The van der Waals surface area contributed by atoms with Crippen LogP contribution >= 0.6 is 0 Å². The van der Waals surface area contributed by atoms with Crippen molar-refractivity contribution in [3.63, 3.8) is 0 Å². The number of amides is 1. The molecule has 0 aliphatic heterocycles. The van der Waals surface area contributed by atoms with Crippen molar-refractivity contribution in [1.82, 2.24) is 5.32 Å². The first-order valence-corrected chi connectivity index (χ1v) is 7.39. The lowest BCUT2D eigenvalue weighted by Gasteiger charge is -2.22. The average molecular weight is 277 g/mol. The Kier molecular flexibility index (Phi) is 6.36. The lowest BCUT2D eigenvalue weighted by Crippen LogP contribution is -2.40. The molecule has 2 N–H and O–H groups in total. The number of carbonyl (C=O) groups excluding carboxylic acids is 1. The number of hydrogen-bond acceptors (Lipinski definition) is 3. The van der Waals surface area contributed by atoms with Crippen LogP contribution in [0.1, 0.15) is 34.6 Å². The van der Waals surface area contributed by atoms with Gasteiger partial charge in [0.05, 0.1) is 0 Å². The lowest BCUT2D eigenvalue weighted by atomic mass is 10.2. The molecule has 0 aliphatic carbocycles. The Bertz CT molecular complexity index is 410. The van der Waals surface area contributed by atoms with E-state index in [0.29, 0.717) is 0 Å². The highest BCUT2D eigenvalue weighted by Gasteiger charge is 2.13. The fraction of sp³-hybridized carbons (Fsp3) is 0.562. The highest BCUT2D eigenvalue weighted by Crippen LogP contribution is 2.18. The van der Waals surface area contributed by atoms with E-state index in [0.717, 1.165) is 18.8 Å². The van der Waals surface area contributed by atoms with E-state index in [9.17, 15) is 4.79 Å². The molecule has 1 aromatic rings. The van der Waals surface area contributed by atoms with Gasteiger partial charge in [-0.25, -0.2) is 0 Å². The van der Waals surface area contributed by atoms with Gasteiger partial charge in [-0.15, -0.1) is 0 Å². The van der Waals surface area contributed by atoms with Crippen LogP contribution in [0.2, 0.25) is 0 Å². The van der Waals surface area contributed by atoms with E-state index in [-0.39, 0.29) is 18.0 Å². The highest BCUT2D eigenvalue weighted by atomic mass is 16.2. The second-order valence-electron chi connectivity index (χ2n) is 5.25. The molecule has 4 nitrogen and oxygen atoms in total. The van der Waals surface area contributed by atoms with Crippen molar-refractivity contribution in [1.29, 1.82) is 0 Å². The van der Waals surface area contributed by atoms with E-state index in [1.165, 1.54) is 5.69 Å². The molecule has 0 aliphatic rings. The normalized spacial score (nSPS) is 12.1. The number of benzene rings is 1. The van der Waals surface area contributed by atoms with Gasteiger partial charge in [-0.05, 0) is 58.9 Å². The van der Waals surface area contributed by atoms with Crippen molar-refractivity contribution in [2.75, 3.05) is 23.3 Å². The summed E-state index contributed by atoms with van der Waals surface area (Å²) in [6.45, 7) is 12.1. The van der Waals surface area contributed by atoms with Crippen LogP contribution in [0, 0.1) is 0 Å². The van der Waals surface area contributed by atoms with Gasteiger partial charge in [-0.2, -0.15) is 0 Å². The van der Waals surface area contributed by atoms with E-state index in [1.54, 1.807) is 0 Å². The van der Waals surface area contributed by atoms with Gasteiger partial charge in [0.1, 0.15) is 6.04 Å². The maximum absolute atomic E-state index is 11.8. The Morgan fingerprint density at radius 2 is 1.65 bits per heavy atom. The van der Waals surface area contributed by atoms with Crippen molar-refractivity contribution in [2.24, 2.45) is 0 Å². The third kappa shape index (κ3) is 4.76. The summed E-state index contributed by atoms with van der Waals surface area (Å²) in [7, 11) is 0. The fourth-order valence-corrected chi connectivity index (χ4v) is 2.08. The highest BCUT2D eigenvalue weighted by molar-refractivity contribution is 5.84. The molecule has 1 atom stereocenters. The molecule has 4 heteroatoms. The van der Waals surface area contributed by atoms with Crippen molar-refractivity contribution < 1.29 is 4.79 Å². The smallest absolute Gasteiger partial charge is 0.242 e. The van der Waals surface area contributed by atoms with Gasteiger partial charge in [0.2, 0.25) is 5.91 Å². The number of hydrogen-bond donors (Lipinski definition) is 2. The minimum absolute atomic E-state index is 0.0211. The summed E-state index contributed by atoms with van der Waals surface area (Å²) in [5.74, 6) is 0.0211. The fourth-order valence-electron chi connectivity index (χ4n) is 2.08. The van der Waals surface area contributed by atoms with E-state index >= 15 is 0 Å². The topological polar surface area (TPSA) is 44.4 Å². The monoisotopic (exact) mass is 277 g/mol. The summed E-state index contributed by atoms with van der Waals surface area (Å²) >= 11 is 0. The zero-order valence-corrected chi connectivity index (χ0v) is 13.2. The summed E-state index contributed by atoms with van der Waals surface area (Å²) in [5, 5.41) is 6.12. The SMILES string of the molecule is CCN(CC)c1ccc(NC(C)C(=O)NC(C)C)cc1. The molecule has 0 saturated heterocycles. The van der Waals surface area contributed by atoms with Crippen molar-refractivity contribution in [3.8, 4) is 0 Å². The molecule has 0 fully saturated rings. The maximum Gasteiger partial charge on any atom is 0.242 e. The third-order valence-corrected chi connectivity index (χ3v) is 3.20. The molecule has 0 spiro atoms. The number of nitrogens with one attached hydrogen (secondary N) is 2. The first-order valence-electron chi connectivity index (χ1n) is 7.39. The van der Waals surface area contributed by atoms with Gasteiger partial charge in [-0.1, -0.05) is 0 Å². The molecule has 1 aromatic carbocycles. The molecule has 1 amide bonds. The quantitative estimate of drug-likeness (QED) is 0.805. The molecule has 1 unspecified atom stereocenters. The van der Waals surface area contributed by atoms with Crippen molar-refractivity contribution >= 4 is 17.3 Å². The van der Waals surface area contributed by atoms with Crippen LogP contribution in [0.4, 0.5) is 11.4 Å². The van der Waals surface area contributed by atoms with E-state index in [4.69, 9.17) is 0 Å². The van der Waals surface area contributed by atoms with Crippen LogP contribution in [0.25, 0.3) is 0 Å². The molecule has 20 heavy (non-hydrogen) atoms. The molecule has 0 aromatic heterocycles. The van der Waals surface area contributed by atoms with E-state index < -0.39 is 0 Å². The standard InChI is InChI=1S/C16H27N3O/c1-6-19(7-2)15-10-8-14(9-11-15)18-13(5)16(20)17-12(3)4/h8-13,18H,6-7H2,1-5H3,(H,17,20). The van der Waals surface area contributed by atoms with Crippen LogP contribution in [-0.2, 0) is 4.79 Å². The molecule has 1 rings (SSSR count). The number of carbonyl (C=O) groups is 1. The van der Waals surface area contributed by atoms with Crippen LogP contribution < -0.4 is 15.5 Å².